The van der Waals surface area contributed by atoms with Crippen LogP contribution in [-0.2, 0) is 16.6 Å². The Kier molecular flexibility index (Phi) is 7.44. The Morgan fingerprint density at radius 3 is 2.43 bits per heavy atom. The standard InChI is InChI=1S/C14H22Cl2N2O2S/c1-10(2)5-3-4-6-18-21(19,20)14-7-11(9-17)12(15)8-13(14)16/h7-8,10,18H,3-6,9,17H2,1-2H3. The number of hydrogen-bond donors (Lipinski definition) is 2. The molecule has 1 aromatic carbocycles. The molecule has 0 spiro atoms. The van der Waals surface area contributed by atoms with E-state index in [9.17, 15) is 8.42 Å². The molecule has 0 saturated carbocycles. The first-order valence-corrected chi connectivity index (χ1v) is 9.19. The molecule has 1 aromatic rings. The highest BCUT2D eigenvalue weighted by atomic mass is 35.5. The summed E-state index contributed by atoms with van der Waals surface area (Å²) in [4.78, 5) is 0.0258. The molecule has 0 unspecified atom stereocenters. The van der Waals surface area contributed by atoms with E-state index in [0.29, 0.717) is 23.0 Å². The van der Waals surface area contributed by atoms with Crippen LogP contribution in [0.3, 0.4) is 0 Å². The van der Waals surface area contributed by atoms with Crippen molar-refractivity contribution in [2.75, 3.05) is 6.54 Å². The molecule has 0 amide bonds. The van der Waals surface area contributed by atoms with Crippen LogP contribution in [0, 0.1) is 5.92 Å². The summed E-state index contributed by atoms with van der Waals surface area (Å²) in [6.45, 7) is 4.84. The van der Waals surface area contributed by atoms with Gasteiger partial charge in [0.05, 0.1) is 5.02 Å². The molecule has 120 valence electrons. The normalized spacial score (nSPS) is 12.1. The molecule has 0 aliphatic rings. The number of hydrogen-bond acceptors (Lipinski definition) is 3. The summed E-state index contributed by atoms with van der Waals surface area (Å²) in [5.41, 5.74) is 6.09. The summed E-state index contributed by atoms with van der Waals surface area (Å²) in [6, 6.07) is 2.85. The highest BCUT2D eigenvalue weighted by Gasteiger charge is 2.19. The molecule has 0 aromatic heterocycles. The lowest BCUT2D eigenvalue weighted by Gasteiger charge is -2.11. The fourth-order valence-corrected chi connectivity index (χ4v) is 3.84. The van der Waals surface area contributed by atoms with Gasteiger partial charge >= 0.3 is 0 Å². The smallest absolute Gasteiger partial charge is 0.242 e. The lowest BCUT2D eigenvalue weighted by atomic mass is 10.1. The fourth-order valence-electron chi connectivity index (χ4n) is 1.90. The van der Waals surface area contributed by atoms with Crippen LogP contribution >= 0.6 is 23.2 Å². The number of sulfonamides is 1. The lowest BCUT2D eigenvalue weighted by Crippen LogP contribution is -2.25. The largest absolute Gasteiger partial charge is 0.326 e. The summed E-state index contributed by atoms with van der Waals surface area (Å²) in [5.74, 6) is 0.624. The van der Waals surface area contributed by atoms with Gasteiger partial charge in [-0.05, 0) is 30.0 Å². The zero-order valence-corrected chi connectivity index (χ0v) is 14.7. The first-order chi connectivity index (χ1) is 9.77. The minimum atomic E-state index is -3.64. The monoisotopic (exact) mass is 352 g/mol. The van der Waals surface area contributed by atoms with E-state index in [1.165, 1.54) is 12.1 Å². The van der Waals surface area contributed by atoms with Crippen LogP contribution in [0.25, 0.3) is 0 Å². The van der Waals surface area contributed by atoms with Crippen molar-refractivity contribution in [1.29, 1.82) is 0 Å². The topological polar surface area (TPSA) is 72.2 Å². The van der Waals surface area contributed by atoms with Crippen LogP contribution in [0.5, 0.6) is 0 Å². The molecule has 0 heterocycles. The van der Waals surface area contributed by atoms with Crippen molar-refractivity contribution < 1.29 is 8.42 Å². The van der Waals surface area contributed by atoms with Crippen molar-refractivity contribution in [2.45, 2.75) is 44.6 Å². The van der Waals surface area contributed by atoms with E-state index in [-0.39, 0.29) is 16.5 Å². The number of rotatable bonds is 8. The molecule has 3 N–H and O–H groups in total. The number of benzene rings is 1. The second-order valence-corrected chi connectivity index (χ2v) is 7.92. The average molecular weight is 353 g/mol. The van der Waals surface area contributed by atoms with E-state index in [2.05, 4.69) is 18.6 Å². The van der Waals surface area contributed by atoms with Gasteiger partial charge in [0, 0.05) is 18.1 Å². The van der Waals surface area contributed by atoms with E-state index in [1.807, 2.05) is 0 Å². The van der Waals surface area contributed by atoms with Gasteiger partial charge in [0.1, 0.15) is 4.90 Å². The zero-order valence-electron chi connectivity index (χ0n) is 12.3. The van der Waals surface area contributed by atoms with Crippen LogP contribution in [-0.4, -0.2) is 15.0 Å². The molecule has 0 fully saturated rings. The molecule has 0 saturated heterocycles. The first-order valence-electron chi connectivity index (χ1n) is 6.95. The van der Waals surface area contributed by atoms with Gasteiger partial charge in [-0.15, -0.1) is 0 Å². The summed E-state index contributed by atoms with van der Waals surface area (Å²) in [6.07, 6.45) is 2.87. The van der Waals surface area contributed by atoms with Gasteiger partial charge in [0.2, 0.25) is 10.0 Å². The van der Waals surface area contributed by atoms with Gasteiger partial charge in [-0.1, -0.05) is 49.9 Å². The van der Waals surface area contributed by atoms with Gasteiger partial charge in [-0.2, -0.15) is 0 Å². The van der Waals surface area contributed by atoms with E-state index < -0.39 is 10.0 Å². The third-order valence-corrected chi connectivity index (χ3v) is 5.39. The second kappa shape index (κ2) is 8.34. The molecule has 4 nitrogen and oxygen atoms in total. The van der Waals surface area contributed by atoms with E-state index in [1.54, 1.807) is 0 Å². The lowest BCUT2D eigenvalue weighted by molar-refractivity contribution is 0.530. The molecule has 0 radical (unpaired) electrons. The maximum atomic E-state index is 12.3. The Labute approximate surface area is 137 Å². The van der Waals surface area contributed by atoms with Crippen molar-refractivity contribution >= 4 is 33.2 Å². The predicted octanol–water partition coefficient (Wildman–Crippen LogP) is 3.56. The van der Waals surface area contributed by atoms with Crippen LogP contribution in [0.4, 0.5) is 0 Å². The Morgan fingerprint density at radius 1 is 1.19 bits per heavy atom. The molecule has 21 heavy (non-hydrogen) atoms. The predicted molar refractivity (Wildman–Crippen MR) is 88.2 cm³/mol. The van der Waals surface area contributed by atoms with Gasteiger partial charge < -0.3 is 5.73 Å². The minimum Gasteiger partial charge on any atom is -0.326 e. The summed E-state index contributed by atoms with van der Waals surface area (Å²) >= 11 is 11.9. The van der Waals surface area contributed by atoms with Gasteiger partial charge in [0.15, 0.2) is 0 Å². The molecule has 7 heteroatoms. The fraction of sp³-hybridized carbons (Fsp3) is 0.571. The Bertz CT molecular complexity index is 575. The molecule has 1 rings (SSSR count). The molecular weight excluding hydrogens is 331 g/mol. The average Bonchev–Trinajstić information content (AvgIpc) is 2.37. The molecule has 0 aliphatic carbocycles. The van der Waals surface area contributed by atoms with Crippen molar-refractivity contribution in [3.05, 3.63) is 27.7 Å². The maximum absolute atomic E-state index is 12.3. The van der Waals surface area contributed by atoms with Crippen molar-refractivity contribution in [3.8, 4) is 0 Å². The quantitative estimate of drug-likeness (QED) is 0.702. The summed E-state index contributed by atoms with van der Waals surface area (Å²) < 4.78 is 27.1. The van der Waals surface area contributed by atoms with Gasteiger partial charge in [0.25, 0.3) is 0 Å². The van der Waals surface area contributed by atoms with Gasteiger partial charge in [-0.3, -0.25) is 0 Å². The number of halogens is 2. The number of unbranched alkanes of at least 4 members (excludes halogenated alkanes) is 1. The Balaban J connectivity index is 2.74. The van der Waals surface area contributed by atoms with Crippen molar-refractivity contribution in [3.63, 3.8) is 0 Å². The van der Waals surface area contributed by atoms with Crippen molar-refractivity contribution in [2.24, 2.45) is 11.7 Å². The molecular formula is C14H22Cl2N2O2S. The van der Waals surface area contributed by atoms with Crippen LogP contribution in [0.2, 0.25) is 10.0 Å². The third kappa shape index (κ3) is 5.75. The summed E-state index contributed by atoms with van der Waals surface area (Å²) in [5, 5.41) is 0.477. The van der Waals surface area contributed by atoms with Crippen LogP contribution < -0.4 is 10.5 Å². The molecule has 0 atom stereocenters. The van der Waals surface area contributed by atoms with E-state index in [0.717, 1.165) is 19.3 Å². The maximum Gasteiger partial charge on any atom is 0.242 e. The van der Waals surface area contributed by atoms with E-state index >= 15 is 0 Å². The SMILES string of the molecule is CC(C)CCCCNS(=O)(=O)c1cc(CN)c(Cl)cc1Cl. The highest BCUT2D eigenvalue weighted by molar-refractivity contribution is 7.89. The van der Waals surface area contributed by atoms with Gasteiger partial charge in [-0.25, -0.2) is 13.1 Å². The third-order valence-electron chi connectivity index (χ3n) is 3.11. The molecule has 0 bridgehead atoms. The minimum absolute atomic E-state index is 0.0258. The Hall–Kier alpha value is -0.330. The van der Waals surface area contributed by atoms with Crippen LogP contribution in [0.15, 0.2) is 17.0 Å². The number of nitrogens with one attached hydrogen (secondary N) is 1. The zero-order chi connectivity index (χ0) is 16.0. The van der Waals surface area contributed by atoms with E-state index in [4.69, 9.17) is 28.9 Å². The Morgan fingerprint density at radius 2 is 1.86 bits per heavy atom. The second-order valence-electron chi connectivity index (χ2n) is 5.37. The molecule has 0 aliphatic heterocycles. The number of nitrogens with two attached hydrogens (primary N) is 1. The first kappa shape index (κ1) is 18.7. The van der Waals surface area contributed by atoms with Crippen molar-refractivity contribution in [1.82, 2.24) is 4.72 Å². The van der Waals surface area contributed by atoms with Crippen LogP contribution in [0.1, 0.15) is 38.7 Å². The summed E-state index contributed by atoms with van der Waals surface area (Å²) in [7, 11) is -3.64. The highest BCUT2D eigenvalue weighted by Crippen LogP contribution is 2.28.